The summed E-state index contributed by atoms with van der Waals surface area (Å²) in [5.41, 5.74) is 7.33. The molecular weight excluding hydrogens is 482 g/mol. The molecule has 10 heteroatoms. The smallest absolute Gasteiger partial charge is 0.243 e. The molecule has 0 atom stereocenters. The van der Waals surface area contributed by atoms with Crippen LogP contribution in [-0.4, -0.2) is 51.8 Å². The van der Waals surface area contributed by atoms with Crippen molar-refractivity contribution in [1.29, 1.82) is 0 Å². The highest BCUT2D eigenvalue weighted by atomic mass is 32.2. The average molecular weight is 512 g/mol. The van der Waals surface area contributed by atoms with Crippen LogP contribution in [0.15, 0.2) is 77.7 Å². The first kappa shape index (κ1) is 26.7. The van der Waals surface area contributed by atoms with E-state index >= 15 is 0 Å². The summed E-state index contributed by atoms with van der Waals surface area (Å²) >= 11 is 0. The first-order chi connectivity index (χ1) is 17.2. The van der Waals surface area contributed by atoms with Gasteiger partial charge in [-0.2, -0.15) is 4.31 Å². The highest BCUT2D eigenvalue weighted by molar-refractivity contribution is 7.89. The number of benzene rings is 3. The third-order valence-corrected chi connectivity index (χ3v) is 7.26. The minimum atomic E-state index is -4.05. The molecule has 0 unspecified atom stereocenters. The van der Waals surface area contributed by atoms with E-state index in [0.29, 0.717) is 23.4 Å². The fraction of sp³-hybridized carbons (Fsp3) is 0.231. The van der Waals surface area contributed by atoms with Crippen LogP contribution in [0.1, 0.15) is 11.1 Å². The van der Waals surface area contributed by atoms with Crippen LogP contribution in [-0.2, 0) is 32.5 Å². The van der Waals surface area contributed by atoms with E-state index in [0.717, 1.165) is 9.87 Å². The lowest BCUT2D eigenvalue weighted by molar-refractivity contribution is -0.117. The number of hydrogen-bond donors (Lipinski definition) is 2. The van der Waals surface area contributed by atoms with Crippen LogP contribution >= 0.6 is 0 Å². The molecule has 190 valence electrons. The van der Waals surface area contributed by atoms with Crippen molar-refractivity contribution in [2.45, 2.75) is 17.7 Å². The van der Waals surface area contributed by atoms with Gasteiger partial charge in [0.25, 0.3) is 0 Å². The van der Waals surface area contributed by atoms with Crippen LogP contribution in [0.2, 0.25) is 0 Å². The van der Waals surface area contributed by atoms with Gasteiger partial charge >= 0.3 is 0 Å². The Morgan fingerprint density at radius 3 is 2.17 bits per heavy atom. The third kappa shape index (κ3) is 7.06. The zero-order valence-corrected chi connectivity index (χ0v) is 21.0. The van der Waals surface area contributed by atoms with Crippen molar-refractivity contribution in [2.75, 3.05) is 32.6 Å². The monoisotopic (exact) mass is 511 g/mol. The standard InChI is InChI=1S/C26H29N3O6S/c1-34-23-13-12-22(17-24(23)35-2)36(32,33)29(15-14-19-6-4-3-5-7-19)18-26(31)28-21-10-8-20(9-11-21)16-25(27)30/h3-13,17H,14-16,18H2,1-2H3,(H2,27,30)(H,28,31). The van der Waals surface area contributed by atoms with E-state index in [1.54, 1.807) is 24.3 Å². The van der Waals surface area contributed by atoms with Gasteiger partial charge in [0.2, 0.25) is 21.8 Å². The maximum atomic E-state index is 13.6. The molecule has 0 spiro atoms. The van der Waals surface area contributed by atoms with Gasteiger partial charge in [-0.05, 0) is 41.8 Å². The molecule has 0 aliphatic carbocycles. The molecule has 0 aromatic heterocycles. The summed E-state index contributed by atoms with van der Waals surface area (Å²) in [6.07, 6.45) is 0.507. The second kappa shape index (κ2) is 12.2. The molecule has 0 bridgehead atoms. The topological polar surface area (TPSA) is 128 Å². The molecule has 0 radical (unpaired) electrons. The summed E-state index contributed by atoms with van der Waals surface area (Å²) in [5.74, 6) is -0.303. The Kier molecular flexibility index (Phi) is 9.04. The molecule has 0 saturated carbocycles. The summed E-state index contributed by atoms with van der Waals surface area (Å²) in [5, 5.41) is 2.71. The lowest BCUT2D eigenvalue weighted by Crippen LogP contribution is -2.39. The van der Waals surface area contributed by atoms with E-state index in [4.69, 9.17) is 15.2 Å². The lowest BCUT2D eigenvalue weighted by atomic mass is 10.1. The van der Waals surface area contributed by atoms with Gasteiger partial charge in [0, 0.05) is 18.3 Å². The van der Waals surface area contributed by atoms with Crippen molar-refractivity contribution in [2.24, 2.45) is 5.73 Å². The Bertz CT molecular complexity index is 1300. The number of carbonyl (C=O) groups is 2. The lowest BCUT2D eigenvalue weighted by Gasteiger charge is -2.22. The fourth-order valence-corrected chi connectivity index (χ4v) is 4.99. The molecule has 3 rings (SSSR count). The second-order valence-electron chi connectivity index (χ2n) is 7.98. The number of primary amides is 1. The number of anilines is 1. The molecule has 0 aliphatic rings. The van der Waals surface area contributed by atoms with Crippen molar-refractivity contribution in [3.05, 3.63) is 83.9 Å². The maximum Gasteiger partial charge on any atom is 0.243 e. The van der Waals surface area contributed by atoms with Gasteiger partial charge in [-0.15, -0.1) is 0 Å². The molecule has 2 amide bonds. The summed E-state index contributed by atoms with van der Waals surface area (Å²) in [4.78, 5) is 23.9. The molecule has 3 N–H and O–H groups in total. The number of amides is 2. The number of rotatable bonds is 12. The molecular formula is C26H29N3O6S. The van der Waals surface area contributed by atoms with E-state index < -0.39 is 28.4 Å². The van der Waals surface area contributed by atoms with E-state index in [9.17, 15) is 18.0 Å². The number of sulfonamides is 1. The van der Waals surface area contributed by atoms with Gasteiger partial charge in [0.05, 0.1) is 32.1 Å². The summed E-state index contributed by atoms with van der Waals surface area (Å²) < 4.78 is 38.7. The first-order valence-electron chi connectivity index (χ1n) is 11.2. The molecule has 0 heterocycles. The molecule has 9 nitrogen and oxygen atoms in total. The normalized spacial score (nSPS) is 11.2. The molecule has 3 aromatic carbocycles. The van der Waals surface area contributed by atoms with Crippen molar-refractivity contribution in [1.82, 2.24) is 4.31 Å². The van der Waals surface area contributed by atoms with Gasteiger partial charge in [-0.25, -0.2) is 8.42 Å². The van der Waals surface area contributed by atoms with E-state index in [1.807, 2.05) is 30.3 Å². The van der Waals surface area contributed by atoms with Crippen LogP contribution in [0.5, 0.6) is 11.5 Å². The summed E-state index contributed by atoms with van der Waals surface area (Å²) in [7, 11) is -1.17. The Labute approximate surface area is 210 Å². The number of carbonyl (C=O) groups excluding carboxylic acids is 2. The van der Waals surface area contributed by atoms with E-state index in [1.165, 1.54) is 32.4 Å². The van der Waals surface area contributed by atoms with Crippen LogP contribution in [0.25, 0.3) is 0 Å². The van der Waals surface area contributed by atoms with Gasteiger partial charge in [-0.3, -0.25) is 9.59 Å². The molecule has 0 fully saturated rings. The Hall–Kier alpha value is -3.89. The number of ether oxygens (including phenoxy) is 2. The Balaban J connectivity index is 1.82. The number of hydrogen-bond acceptors (Lipinski definition) is 6. The Morgan fingerprint density at radius 2 is 1.56 bits per heavy atom. The number of nitrogens with one attached hydrogen (secondary N) is 1. The predicted octanol–water partition coefficient (Wildman–Crippen LogP) is 2.60. The quantitative estimate of drug-likeness (QED) is 0.385. The molecule has 36 heavy (non-hydrogen) atoms. The van der Waals surface area contributed by atoms with Crippen molar-refractivity contribution < 1.29 is 27.5 Å². The number of nitrogens with two attached hydrogens (primary N) is 1. The van der Waals surface area contributed by atoms with Gasteiger partial charge in [0.1, 0.15) is 0 Å². The van der Waals surface area contributed by atoms with Crippen LogP contribution in [0, 0.1) is 0 Å². The van der Waals surface area contributed by atoms with Crippen molar-refractivity contribution in [3.8, 4) is 11.5 Å². The van der Waals surface area contributed by atoms with E-state index in [-0.39, 0.29) is 23.6 Å². The molecule has 0 aliphatic heterocycles. The van der Waals surface area contributed by atoms with Gasteiger partial charge in [0.15, 0.2) is 11.5 Å². The molecule has 0 saturated heterocycles. The third-order valence-electron chi connectivity index (χ3n) is 5.42. The van der Waals surface area contributed by atoms with Crippen molar-refractivity contribution in [3.63, 3.8) is 0 Å². The SMILES string of the molecule is COc1ccc(S(=O)(=O)N(CCc2ccccc2)CC(=O)Nc2ccc(CC(N)=O)cc2)cc1OC. The average Bonchev–Trinajstić information content (AvgIpc) is 2.87. The number of nitrogens with zero attached hydrogens (tertiary/aromatic N) is 1. The Morgan fingerprint density at radius 1 is 0.889 bits per heavy atom. The predicted molar refractivity (Wildman–Crippen MR) is 136 cm³/mol. The zero-order chi connectivity index (χ0) is 26.1. The van der Waals surface area contributed by atoms with Gasteiger partial charge < -0.3 is 20.5 Å². The summed E-state index contributed by atoms with van der Waals surface area (Å²) in [6.45, 7) is -0.307. The highest BCUT2D eigenvalue weighted by Gasteiger charge is 2.28. The molecule has 3 aromatic rings. The van der Waals surface area contributed by atoms with E-state index in [2.05, 4.69) is 5.32 Å². The second-order valence-corrected chi connectivity index (χ2v) is 9.92. The number of methoxy groups -OCH3 is 2. The summed E-state index contributed by atoms with van der Waals surface area (Å²) in [6, 6.07) is 20.3. The van der Waals surface area contributed by atoms with Crippen molar-refractivity contribution >= 4 is 27.5 Å². The fourth-order valence-electron chi connectivity index (χ4n) is 3.58. The van der Waals surface area contributed by atoms with Crippen LogP contribution in [0.4, 0.5) is 5.69 Å². The largest absolute Gasteiger partial charge is 0.493 e. The van der Waals surface area contributed by atoms with Gasteiger partial charge in [-0.1, -0.05) is 42.5 Å². The maximum absolute atomic E-state index is 13.6. The first-order valence-corrected chi connectivity index (χ1v) is 12.6. The highest BCUT2D eigenvalue weighted by Crippen LogP contribution is 2.30. The minimum Gasteiger partial charge on any atom is -0.493 e. The van der Waals surface area contributed by atoms with Crippen LogP contribution < -0.4 is 20.5 Å². The zero-order valence-electron chi connectivity index (χ0n) is 20.1. The van der Waals surface area contributed by atoms with Crippen LogP contribution in [0.3, 0.4) is 0 Å². The minimum absolute atomic E-state index is 0.0168.